The van der Waals surface area contributed by atoms with Gasteiger partial charge in [0.25, 0.3) is 0 Å². The van der Waals surface area contributed by atoms with E-state index in [4.69, 9.17) is 14.4 Å². The minimum Gasteiger partial charge on any atom is -0.456 e. The summed E-state index contributed by atoms with van der Waals surface area (Å²) in [7, 11) is 0. The molecule has 0 bridgehead atoms. The number of rotatable bonds is 5. The van der Waals surface area contributed by atoms with E-state index in [2.05, 4.69) is 115 Å². The quantitative estimate of drug-likeness (QED) is 0.213. The normalized spacial score (nSPS) is 14.6. The van der Waals surface area contributed by atoms with Crippen molar-refractivity contribution in [3.05, 3.63) is 180 Å². The summed E-state index contributed by atoms with van der Waals surface area (Å²) in [6.07, 6.45) is -0.284. The molecule has 0 fully saturated rings. The molecule has 2 heterocycles. The number of nitrogens with zero attached hydrogens (tertiary/aromatic N) is 2. The Labute approximate surface area is 272 Å². The average Bonchev–Trinajstić information content (AvgIpc) is 3.55. The minimum absolute atomic E-state index is 0.284. The third kappa shape index (κ3) is 4.79. The Morgan fingerprint density at radius 3 is 1.81 bits per heavy atom. The van der Waals surface area contributed by atoms with Gasteiger partial charge < -0.3 is 9.73 Å². The number of nitrogens with one attached hydrogen (secondary N) is 1. The molecule has 1 aliphatic heterocycles. The predicted octanol–water partition coefficient (Wildman–Crippen LogP) is 10.6. The van der Waals surface area contributed by atoms with Crippen LogP contribution < -0.4 is 5.32 Å². The summed E-state index contributed by atoms with van der Waals surface area (Å²) in [5.41, 5.74) is 9.36. The molecule has 4 heteroatoms. The molecule has 1 N–H and O–H groups in total. The van der Waals surface area contributed by atoms with E-state index in [-0.39, 0.29) is 6.17 Å². The molecule has 0 spiro atoms. The fourth-order valence-electron chi connectivity index (χ4n) is 6.72. The van der Waals surface area contributed by atoms with Crippen molar-refractivity contribution in [2.45, 2.75) is 6.17 Å². The highest BCUT2D eigenvalue weighted by Gasteiger charge is 2.24. The second kappa shape index (κ2) is 11.3. The summed E-state index contributed by atoms with van der Waals surface area (Å²) in [5.74, 6) is 1.46. The lowest BCUT2D eigenvalue weighted by molar-refractivity contribution is 0.668. The fraction of sp³-hybridized carbons (Fsp3) is 0.0233. The van der Waals surface area contributed by atoms with Gasteiger partial charge in [0.2, 0.25) is 0 Å². The van der Waals surface area contributed by atoms with Gasteiger partial charge in [-0.3, -0.25) is 0 Å². The molecule has 0 amide bonds. The smallest absolute Gasteiger partial charge is 0.159 e. The van der Waals surface area contributed by atoms with Gasteiger partial charge in [-0.05, 0) is 50.7 Å². The summed E-state index contributed by atoms with van der Waals surface area (Å²) in [6.45, 7) is 0. The van der Waals surface area contributed by atoms with Gasteiger partial charge in [-0.25, -0.2) is 9.98 Å². The Bertz CT molecular complexity index is 2470. The molecule has 47 heavy (non-hydrogen) atoms. The molecule has 1 aliphatic rings. The number of aliphatic imine (C=N–C) groups is 2. The minimum atomic E-state index is -0.284. The van der Waals surface area contributed by atoms with Crippen molar-refractivity contribution in [3.8, 4) is 22.3 Å². The number of amidine groups is 2. The van der Waals surface area contributed by atoms with Gasteiger partial charge in [0.1, 0.15) is 23.2 Å². The monoisotopic (exact) mass is 603 g/mol. The van der Waals surface area contributed by atoms with E-state index in [1.54, 1.807) is 0 Å². The van der Waals surface area contributed by atoms with Crippen LogP contribution in [0.4, 0.5) is 0 Å². The van der Waals surface area contributed by atoms with E-state index in [1.165, 1.54) is 21.9 Å². The second-order valence-corrected chi connectivity index (χ2v) is 11.8. The SMILES string of the molecule is c1ccc(C2=NC(c3ccccc3)NC(c3cccc4oc5cccc(-c6ccc(-c7cccc8ccccc78)cc6)c5c34)=N2)cc1. The van der Waals surface area contributed by atoms with E-state index >= 15 is 0 Å². The maximum absolute atomic E-state index is 6.50. The van der Waals surface area contributed by atoms with Crippen molar-refractivity contribution in [1.29, 1.82) is 0 Å². The second-order valence-electron chi connectivity index (χ2n) is 11.8. The number of hydrogen-bond donors (Lipinski definition) is 1. The summed E-state index contributed by atoms with van der Waals surface area (Å²) in [6, 6.07) is 56.9. The summed E-state index contributed by atoms with van der Waals surface area (Å²) >= 11 is 0. The third-order valence-corrected chi connectivity index (χ3v) is 8.96. The standard InChI is InChI=1S/C43H29N3O/c1-3-13-31(14-4-1)41-44-42(32-15-5-2-6-16-32)46-43(45-41)36-21-11-23-38-40(36)39-35(20-10-22-37(39)47-38)30-26-24-29(25-27-30)34-19-9-17-28-12-7-8-18-33(28)34/h1-27,41H,(H,44,45,46). The molecule has 8 aromatic rings. The zero-order chi connectivity index (χ0) is 31.2. The van der Waals surface area contributed by atoms with Crippen LogP contribution in [0.25, 0.3) is 55.0 Å². The fourth-order valence-corrected chi connectivity index (χ4v) is 6.72. The molecule has 7 aromatic carbocycles. The van der Waals surface area contributed by atoms with Crippen molar-refractivity contribution in [3.63, 3.8) is 0 Å². The lowest BCUT2D eigenvalue weighted by atomic mass is 9.94. The van der Waals surface area contributed by atoms with Gasteiger partial charge >= 0.3 is 0 Å². The highest BCUT2D eigenvalue weighted by Crippen LogP contribution is 2.40. The molecule has 1 atom stereocenters. The Hall–Kier alpha value is -6.26. The van der Waals surface area contributed by atoms with E-state index in [0.29, 0.717) is 5.84 Å². The lowest BCUT2D eigenvalue weighted by Crippen LogP contribution is -2.33. The third-order valence-electron chi connectivity index (χ3n) is 8.96. The van der Waals surface area contributed by atoms with Crippen LogP contribution in [-0.4, -0.2) is 11.7 Å². The van der Waals surface area contributed by atoms with Crippen molar-refractivity contribution in [2.24, 2.45) is 9.98 Å². The summed E-state index contributed by atoms with van der Waals surface area (Å²) < 4.78 is 6.50. The van der Waals surface area contributed by atoms with Gasteiger partial charge in [0, 0.05) is 21.9 Å². The molecule has 1 aromatic heterocycles. The number of hydrogen-bond acceptors (Lipinski definition) is 4. The first-order valence-electron chi connectivity index (χ1n) is 15.9. The molecule has 0 saturated heterocycles. The molecular weight excluding hydrogens is 574 g/mol. The van der Waals surface area contributed by atoms with E-state index in [0.717, 1.165) is 55.6 Å². The van der Waals surface area contributed by atoms with Gasteiger partial charge in [0.15, 0.2) is 5.84 Å². The molecule has 0 radical (unpaired) electrons. The van der Waals surface area contributed by atoms with Gasteiger partial charge in [-0.1, -0.05) is 152 Å². The molecular formula is C43H29N3O. The molecule has 1 unspecified atom stereocenters. The van der Waals surface area contributed by atoms with Gasteiger partial charge in [-0.2, -0.15) is 0 Å². The average molecular weight is 604 g/mol. The Kier molecular flexibility index (Phi) is 6.50. The predicted molar refractivity (Wildman–Crippen MR) is 194 cm³/mol. The summed E-state index contributed by atoms with van der Waals surface area (Å²) in [4.78, 5) is 10.2. The van der Waals surface area contributed by atoms with E-state index in [9.17, 15) is 0 Å². The van der Waals surface area contributed by atoms with Gasteiger partial charge in [-0.15, -0.1) is 0 Å². The van der Waals surface area contributed by atoms with Crippen molar-refractivity contribution in [2.75, 3.05) is 0 Å². The van der Waals surface area contributed by atoms with Crippen LogP contribution >= 0.6 is 0 Å². The maximum atomic E-state index is 6.50. The zero-order valence-corrected chi connectivity index (χ0v) is 25.5. The molecule has 9 rings (SSSR count). The Balaban J connectivity index is 1.19. The van der Waals surface area contributed by atoms with Crippen LogP contribution in [0, 0.1) is 0 Å². The molecule has 4 nitrogen and oxygen atoms in total. The Morgan fingerprint density at radius 1 is 0.468 bits per heavy atom. The number of fused-ring (bicyclic) bond motifs is 4. The van der Waals surface area contributed by atoms with Crippen molar-refractivity contribution < 1.29 is 4.42 Å². The van der Waals surface area contributed by atoms with Crippen molar-refractivity contribution in [1.82, 2.24) is 5.32 Å². The number of furan rings is 1. The van der Waals surface area contributed by atoms with Crippen LogP contribution in [0.5, 0.6) is 0 Å². The largest absolute Gasteiger partial charge is 0.456 e. The van der Waals surface area contributed by atoms with E-state index < -0.39 is 0 Å². The van der Waals surface area contributed by atoms with Crippen LogP contribution in [0.2, 0.25) is 0 Å². The molecule has 222 valence electrons. The topological polar surface area (TPSA) is 49.9 Å². The summed E-state index contributed by atoms with van der Waals surface area (Å²) in [5, 5.41) is 8.25. The zero-order valence-electron chi connectivity index (χ0n) is 25.5. The number of benzene rings is 7. The van der Waals surface area contributed by atoms with Crippen LogP contribution in [0.1, 0.15) is 22.9 Å². The van der Waals surface area contributed by atoms with E-state index in [1.807, 2.05) is 54.6 Å². The van der Waals surface area contributed by atoms with Crippen LogP contribution in [-0.2, 0) is 0 Å². The van der Waals surface area contributed by atoms with Crippen LogP contribution in [0.15, 0.2) is 178 Å². The first-order chi connectivity index (χ1) is 23.3. The first kappa shape index (κ1) is 27.1. The van der Waals surface area contributed by atoms with Crippen molar-refractivity contribution >= 4 is 44.4 Å². The van der Waals surface area contributed by atoms with Crippen LogP contribution in [0.3, 0.4) is 0 Å². The molecule has 0 aliphatic carbocycles. The highest BCUT2D eigenvalue weighted by molar-refractivity contribution is 6.24. The first-order valence-corrected chi connectivity index (χ1v) is 15.9. The Morgan fingerprint density at radius 2 is 1.04 bits per heavy atom. The molecule has 0 saturated carbocycles. The maximum Gasteiger partial charge on any atom is 0.159 e. The lowest BCUT2D eigenvalue weighted by Gasteiger charge is -2.24. The van der Waals surface area contributed by atoms with Gasteiger partial charge in [0.05, 0.1) is 0 Å². The highest BCUT2D eigenvalue weighted by atomic mass is 16.3.